The molecule has 8 heteroatoms. The Morgan fingerprint density at radius 3 is 2.78 bits per heavy atom. The molecule has 2 aliphatic heterocycles. The van der Waals surface area contributed by atoms with Gasteiger partial charge in [0.05, 0.1) is 29.4 Å². The molecule has 3 fully saturated rings. The van der Waals surface area contributed by atoms with Gasteiger partial charge in [0.1, 0.15) is 11.8 Å². The van der Waals surface area contributed by atoms with Crippen LogP contribution in [0.2, 0.25) is 5.02 Å². The van der Waals surface area contributed by atoms with Crippen LogP contribution >= 0.6 is 11.6 Å². The van der Waals surface area contributed by atoms with Gasteiger partial charge in [0.15, 0.2) is 0 Å². The maximum Gasteiger partial charge on any atom is 0.262 e. The van der Waals surface area contributed by atoms with Crippen LogP contribution in [0, 0.1) is 29.1 Å². The van der Waals surface area contributed by atoms with E-state index in [1.165, 1.54) is 12.8 Å². The standard InChI is InChI=1S/C24H27ClN6O/c1-14(15-2-3-15)28-19-8-9-20(16(12-19)13-26)31-21-10-11-27-24(32)22(21)23(30-31)29-18-6-4-17(25)5-7-18/h4-7,10-11,14-16,19-20,22,28H,2-3,8-9,12H2,1H3,(H,29,30)/t14-,16-,19+,20+,22?/m0/s1. The first-order valence-corrected chi connectivity index (χ1v) is 11.7. The van der Waals surface area contributed by atoms with Crippen molar-refractivity contribution in [2.75, 3.05) is 0 Å². The average molecular weight is 451 g/mol. The van der Waals surface area contributed by atoms with E-state index >= 15 is 0 Å². The quantitative estimate of drug-likeness (QED) is 0.712. The summed E-state index contributed by atoms with van der Waals surface area (Å²) in [5, 5.41) is 16.4. The molecule has 1 unspecified atom stereocenters. The fourth-order valence-corrected chi connectivity index (χ4v) is 5.22. The largest absolute Gasteiger partial charge is 0.311 e. The van der Waals surface area contributed by atoms with Crippen LogP contribution in [-0.2, 0) is 4.79 Å². The van der Waals surface area contributed by atoms with Crippen molar-refractivity contribution in [1.29, 1.82) is 5.26 Å². The number of dihydropyridines is 1. The Morgan fingerprint density at radius 2 is 2.06 bits per heavy atom. The molecule has 0 aromatic heterocycles. The molecule has 4 aliphatic rings. The van der Waals surface area contributed by atoms with Crippen LogP contribution in [0.1, 0.15) is 39.0 Å². The first-order chi connectivity index (χ1) is 15.5. The second kappa shape index (κ2) is 8.68. The molecule has 1 aromatic carbocycles. The van der Waals surface area contributed by atoms with Gasteiger partial charge in [0, 0.05) is 23.3 Å². The highest BCUT2D eigenvalue weighted by Gasteiger charge is 2.46. The summed E-state index contributed by atoms with van der Waals surface area (Å²) in [5.41, 5.74) is 4.88. The van der Waals surface area contributed by atoms with E-state index in [1.807, 2.05) is 23.2 Å². The number of fused-ring (bicyclic) bond motifs is 1. The zero-order valence-corrected chi connectivity index (χ0v) is 18.8. The number of carbonyl (C=O) groups excluding carboxylic acids is 1. The summed E-state index contributed by atoms with van der Waals surface area (Å²) in [4.78, 5) is 21.3. The molecule has 2 saturated carbocycles. The fourth-order valence-electron chi connectivity index (χ4n) is 5.09. The van der Waals surface area contributed by atoms with Crippen molar-refractivity contribution in [2.24, 2.45) is 27.7 Å². The number of nitrogens with zero attached hydrogens (tertiary/aromatic N) is 4. The number of benzene rings is 1. The van der Waals surface area contributed by atoms with Gasteiger partial charge in [-0.05, 0) is 75.3 Å². The molecule has 0 radical (unpaired) electrons. The molecular weight excluding hydrogens is 424 g/mol. The van der Waals surface area contributed by atoms with Crippen molar-refractivity contribution in [3.8, 4) is 6.07 Å². The number of halogens is 1. The summed E-state index contributed by atoms with van der Waals surface area (Å²) in [7, 11) is 0. The Morgan fingerprint density at radius 1 is 1.28 bits per heavy atom. The molecule has 1 amide bonds. The van der Waals surface area contributed by atoms with E-state index in [-0.39, 0.29) is 17.9 Å². The van der Waals surface area contributed by atoms with Crippen LogP contribution in [0.5, 0.6) is 0 Å². The van der Waals surface area contributed by atoms with E-state index < -0.39 is 5.92 Å². The molecule has 2 heterocycles. The van der Waals surface area contributed by atoms with E-state index in [1.54, 1.807) is 18.3 Å². The number of allylic oxidation sites excluding steroid dienone is 1. The van der Waals surface area contributed by atoms with Gasteiger partial charge >= 0.3 is 0 Å². The Balaban J connectivity index is 1.37. The number of amides is 1. The molecule has 1 aromatic rings. The van der Waals surface area contributed by atoms with Crippen LogP contribution < -0.4 is 10.7 Å². The zero-order chi connectivity index (χ0) is 22.2. The summed E-state index contributed by atoms with van der Waals surface area (Å²) in [6.45, 7) is 2.26. The number of nitrogens with one attached hydrogen (secondary N) is 2. The monoisotopic (exact) mass is 450 g/mol. The van der Waals surface area contributed by atoms with Crippen LogP contribution in [0.3, 0.4) is 0 Å². The molecule has 2 N–H and O–H groups in total. The normalized spacial score (nSPS) is 31.7. The number of carbonyl (C=O) groups is 1. The van der Waals surface area contributed by atoms with Gasteiger partial charge in [0.2, 0.25) is 0 Å². The van der Waals surface area contributed by atoms with Crippen LogP contribution in [-0.4, -0.2) is 41.1 Å². The van der Waals surface area contributed by atoms with E-state index in [4.69, 9.17) is 11.6 Å². The fraction of sp³-hybridized carbons (Fsp3) is 0.500. The summed E-state index contributed by atoms with van der Waals surface area (Å²) < 4.78 is 0. The van der Waals surface area contributed by atoms with E-state index in [9.17, 15) is 10.1 Å². The van der Waals surface area contributed by atoms with Crippen LogP contribution in [0.25, 0.3) is 0 Å². The molecule has 5 atom stereocenters. The SMILES string of the molecule is C[C@H](N[C@@H]1CC[C@@H](N2NC(=Nc3ccc(Cl)cc3)C3C(=O)N=CC=C32)[C@H](C#N)C1)C1CC1. The second-order valence-corrected chi connectivity index (χ2v) is 9.64. The lowest BCUT2D eigenvalue weighted by Crippen LogP contribution is -2.51. The lowest BCUT2D eigenvalue weighted by molar-refractivity contribution is -0.119. The average Bonchev–Trinajstić information content (AvgIpc) is 3.58. The summed E-state index contributed by atoms with van der Waals surface area (Å²) >= 11 is 5.99. The third-order valence-corrected chi connectivity index (χ3v) is 7.24. The highest BCUT2D eigenvalue weighted by molar-refractivity contribution is 6.30. The lowest BCUT2D eigenvalue weighted by Gasteiger charge is -2.40. The second-order valence-electron chi connectivity index (χ2n) is 9.20. The highest BCUT2D eigenvalue weighted by Crippen LogP contribution is 2.38. The van der Waals surface area contributed by atoms with Gasteiger partial charge < -0.3 is 5.32 Å². The van der Waals surface area contributed by atoms with Gasteiger partial charge in [-0.3, -0.25) is 15.2 Å². The first kappa shape index (κ1) is 21.2. The maximum absolute atomic E-state index is 12.7. The number of nitriles is 1. The molecule has 0 bridgehead atoms. The van der Waals surface area contributed by atoms with Crippen molar-refractivity contribution >= 4 is 35.2 Å². The smallest absolute Gasteiger partial charge is 0.262 e. The van der Waals surface area contributed by atoms with Crippen molar-refractivity contribution in [3.05, 3.63) is 41.1 Å². The summed E-state index contributed by atoms with van der Waals surface area (Å²) in [5.74, 6) is 0.372. The third-order valence-electron chi connectivity index (χ3n) is 6.99. The zero-order valence-electron chi connectivity index (χ0n) is 18.0. The van der Waals surface area contributed by atoms with E-state index in [2.05, 4.69) is 33.7 Å². The van der Waals surface area contributed by atoms with Gasteiger partial charge in [0.25, 0.3) is 5.91 Å². The number of hydrogen-bond donors (Lipinski definition) is 2. The molecule has 0 spiro atoms. The lowest BCUT2D eigenvalue weighted by atomic mass is 9.81. The Labute approximate surface area is 193 Å². The third kappa shape index (κ3) is 4.17. The van der Waals surface area contributed by atoms with Crippen molar-refractivity contribution in [2.45, 2.75) is 57.2 Å². The molecule has 7 nitrogen and oxygen atoms in total. The number of amidine groups is 1. The Kier molecular flexibility index (Phi) is 5.75. The summed E-state index contributed by atoms with van der Waals surface area (Å²) in [6.07, 6.45) is 8.69. The van der Waals surface area contributed by atoms with Gasteiger partial charge in [-0.25, -0.2) is 9.98 Å². The highest BCUT2D eigenvalue weighted by atomic mass is 35.5. The maximum atomic E-state index is 12.7. The predicted octanol–water partition coefficient (Wildman–Crippen LogP) is 3.75. The van der Waals surface area contributed by atoms with Gasteiger partial charge in [-0.15, -0.1) is 0 Å². The molecular formula is C24H27ClN6O. The summed E-state index contributed by atoms with van der Waals surface area (Å²) in [6, 6.07) is 10.5. The van der Waals surface area contributed by atoms with Crippen molar-refractivity contribution in [3.63, 3.8) is 0 Å². The number of aliphatic imine (C=N–C) groups is 2. The molecule has 166 valence electrons. The van der Waals surface area contributed by atoms with Gasteiger partial charge in [-0.2, -0.15) is 5.26 Å². The molecule has 5 rings (SSSR count). The minimum atomic E-state index is -0.569. The molecule has 32 heavy (non-hydrogen) atoms. The van der Waals surface area contributed by atoms with Crippen LogP contribution in [0.4, 0.5) is 5.69 Å². The van der Waals surface area contributed by atoms with Crippen molar-refractivity contribution < 1.29 is 4.79 Å². The van der Waals surface area contributed by atoms with Gasteiger partial charge in [-0.1, -0.05) is 11.6 Å². The van der Waals surface area contributed by atoms with Crippen molar-refractivity contribution in [1.82, 2.24) is 15.8 Å². The number of hydrazine groups is 1. The van der Waals surface area contributed by atoms with E-state index in [0.717, 1.165) is 30.9 Å². The number of hydrogen-bond acceptors (Lipinski definition) is 5. The number of rotatable bonds is 5. The van der Waals surface area contributed by atoms with E-state index in [0.29, 0.717) is 28.6 Å². The minimum absolute atomic E-state index is 0.0275. The minimum Gasteiger partial charge on any atom is -0.311 e. The Bertz CT molecular complexity index is 1020. The first-order valence-electron chi connectivity index (χ1n) is 11.4. The Hall–Kier alpha value is -2.69. The molecule has 1 saturated heterocycles. The van der Waals surface area contributed by atoms with Crippen LogP contribution in [0.15, 0.2) is 46.0 Å². The predicted molar refractivity (Wildman–Crippen MR) is 124 cm³/mol. The molecule has 2 aliphatic carbocycles. The topological polar surface area (TPSA) is 92.9 Å².